The Morgan fingerprint density at radius 1 is 1.39 bits per heavy atom. The number of hydrogen-bond donors (Lipinski definition) is 1. The molecule has 0 heterocycles. The molecule has 0 fully saturated rings. The highest BCUT2D eigenvalue weighted by atomic mass is 79.9. The largest absolute Gasteiger partial charge is 0.383 e. The van der Waals surface area contributed by atoms with Crippen LogP contribution in [0.2, 0.25) is 0 Å². The van der Waals surface area contributed by atoms with Crippen LogP contribution in [0.25, 0.3) is 0 Å². The lowest BCUT2D eigenvalue weighted by molar-refractivity contribution is 0.191. The van der Waals surface area contributed by atoms with Gasteiger partial charge in [0.25, 0.3) is 0 Å². The maximum absolute atomic E-state index is 5.06. The Balaban J connectivity index is 2.53. The average Bonchev–Trinajstić information content (AvgIpc) is 2.35. The zero-order valence-electron chi connectivity index (χ0n) is 11.6. The monoisotopic (exact) mass is 313 g/mol. The molecule has 1 N–H and O–H groups in total. The van der Waals surface area contributed by atoms with Crippen LogP contribution in [-0.4, -0.2) is 26.8 Å². The summed E-state index contributed by atoms with van der Waals surface area (Å²) in [4.78, 5) is 0. The molecule has 1 aromatic carbocycles. The van der Waals surface area contributed by atoms with Crippen LogP contribution >= 0.6 is 15.9 Å². The van der Waals surface area contributed by atoms with Gasteiger partial charge in [0.15, 0.2) is 0 Å². The van der Waals surface area contributed by atoms with E-state index in [-0.39, 0.29) is 0 Å². The Morgan fingerprint density at radius 3 is 2.78 bits per heavy atom. The highest BCUT2D eigenvalue weighted by Crippen LogP contribution is 2.26. The molecular weight excluding hydrogens is 290 g/mol. The fourth-order valence-electron chi connectivity index (χ4n) is 2.02. The van der Waals surface area contributed by atoms with Gasteiger partial charge < -0.3 is 10.1 Å². The van der Waals surface area contributed by atoms with E-state index >= 15 is 0 Å². The quantitative estimate of drug-likeness (QED) is 0.740. The molecule has 0 aromatic heterocycles. The van der Waals surface area contributed by atoms with E-state index < -0.39 is 0 Å². The molecule has 18 heavy (non-hydrogen) atoms. The molecule has 0 aliphatic rings. The van der Waals surface area contributed by atoms with E-state index in [2.05, 4.69) is 59.4 Å². The number of nitrogens with one attached hydrogen (secondary N) is 1. The molecule has 1 rings (SSSR count). The number of benzene rings is 1. The van der Waals surface area contributed by atoms with Crippen LogP contribution in [0.3, 0.4) is 0 Å². The smallest absolute Gasteiger partial charge is 0.0587 e. The van der Waals surface area contributed by atoms with Crippen LogP contribution in [0, 0.1) is 5.41 Å². The minimum Gasteiger partial charge on any atom is -0.383 e. The molecule has 0 aliphatic heterocycles. The number of ether oxygens (including phenoxy) is 1. The Labute approximate surface area is 119 Å². The normalized spacial score (nSPS) is 14.4. The van der Waals surface area contributed by atoms with Gasteiger partial charge in [0.05, 0.1) is 6.61 Å². The number of rotatable bonds is 8. The molecule has 1 aromatic rings. The van der Waals surface area contributed by atoms with Gasteiger partial charge in [-0.15, -0.1) is 0 Å². The van der Waals surface area contributed by atoms with Crippen LogP contribution in [-0.2, 0) is 11.2 Å². The van der Waals surface area contributed by atoms with Crippen molar-refractivity contribution < 1.29 is 4.74 Å². The van der Waals surface area contributed by atoms with Crippen molar-refractivity contribution in [3.05, 3.63) is 34.3 Å². The highest BCUT2D eigenvalue weighted by molar-refractivity contribution is 9.10. The first-order valence-corrected chi connectivity index (χ1v) is 7.33. The zero-order valence-corrected chi connectivity index (χ0v) is 13.2. The van der Waals surface area contributed by atoms with Crippen molar-refractivity contribution in [2.24, 2.45) is 5.41 Å². The molecule has 1 atom stereocenters. The topological polar surface area (TPSA) is 21.3 Å². The third-order valence-corrected chi connectivity index (χ3v) is 3.90. The molecular formula is C15H24BrNO. The lowest BCUT2D eigenvalue weighted by Crippen LogP contribution is -2.34. The van der Waals surface area contributed by atoms with Crippen LogP contribution in [0.4, 0.5) is 0 Å². The molecule has 0 spiro atoms. The van der Waals surface area contributed by atoms with Crippen molar-refractivity contribution in [2.45, 2.75) is 26.7 Å². The second-order valence-electron chi connectivity index (χ2n) is 5.14. The fraction of sp³-hybridized carbons (Fsp3) is 0.600. The SMILES string of the molecule is CCC(C)(CNCCOC)Cc1cccc(Br)c1. The van der Waals surface area contributed by atoms with E-state index in [9.17, 15) is 0 Å². The molecule has 3 heteroatoms. The van der Waals surface area contributed by atoms with Gasteiger partial charge in [-0.2, -0.15) is 0 Å². The van der Waals surface area contributed by atoms with Gasteiger partial charge in [-0.05, 0) is 36.0 Å². The summed E-state index contributed by atoms with van der Waals surface area (Å²) in [6.07, 6.45) is 2.27. The van der Waals surface area contributed by atoms with Gasteiger partial charge in [-0.1, -0.05) is 41.9 Å². The predicted molar refractivity (Wildman–Crippen MR) is 81.0 cm³/mol. The molecule has 0 saturated heterocycles. The summed E-state index contributed by atoms with van der Waals surface area (Å²) >= 11 is 3.53. The Kier molecular flexibility index (Phi) is 6.90. The van der Waals surface area contributed by atoms with Gasteiger partial charge in [-0.3, -0.25) is 0 Å². The zero-order chi connectivity index (χ0) is 13.4. The molecule has 102 valence electrons. The van der Waals surface area contributed by atoms with Crippen molar-refractivity contribution in [3.63, 3.8) is 0 Å². The van der Waals surface area contributed by atoms with Crippen molar-refractivity contribution >= 4 is 15.9 Å². The van der Waals surface area contributed by atoms with Crippen LogP contribution in [0.1, 0.15) is 25.8 Å². The molecule has 0 bridgehead atoms. The second-order valence-corrected chi connectivity index (χ2v) is 6.06. The van der Waals surface area contributed by atoms with Gasteiger partial charge in [0, 0.05) is 24.7 Å². The lowest BCUT2D eigenvalue weighted by Gasteiger charge is -2.29. The maximum atomic E-state index is 5.06. The van der Waals surface area contributed by atoms with E-state index in [1.165, 1.54) is 12.0 Å². The maximum Gasteiger partial charge on any atom is 0.0587 e. The van der Waals surface area contributed by atoms with E-state index in [4.69, 9.17) is 4.74 Å². The summed E-state index contributed by atoms with van der Waals surface area (Å²) < 4.78 is 6.21. The van der Waals surface area contributed by atoms with Crippen molar-refractivity contribution in [2.75, 3.05) is 26.8 Å². The molecule has 0 saturated carbocycles. The predicted octanol–water partition coefficient (Wildman–Crippen LogP) is 3.64. The van der Waals surface area contributed by atoms with Crippen LogP contribution in [0.5, 0.6) is 0 Å². The summed E-state index contributed by atoms with van der Waals surface area (Å²) in [5.41, 5.74) is 1.69. The third-order valence-electron chi connectivity index (χ3n) is 3.41. The number of methoxy groups -OCH3 is 1. The number of halogens is 1. The minimum absolute atomic E-state index is 0.300. The first-order chi connectivity index (χ1) is 8.59. The highest BCUT2D eigenvalue weighted by Gasteiger charge is 2.22. The summed E-state index contributed by atoms with van der Waals surface area (Å²) in [6.45, 7) is 7.32. The van der Waals surface area contributed by atoms with Gasteiger partial charge in [-0.25, -0.2) is 0 Å². The molecule has 1 unspecified atom stereocenters. The third kappa shape index (κ3) is 5.51. The molecule has 0 radical (unpaired) electrons. The first kappa shape index (κ1) is 15.7. The first-order valence-electron chi connectivity index (χ1n) is 6.54. The summed E-state index contributed by atoms with van der Waals surface area (Å²) in [5.74, 6) is 0. The van der Waals surface area contributed by atoms with Gasteiger partial charge in [0.2, 0.25) is 0 Å². The fourth-order valence-corrected chi connectivity index (χ4v) is 2.46. The Bertz CT molecular complexity index is 356. The molecule has 0 aliphatic carbocycles. The van der Waals surface area contributed by atoms with E-state index in [0.717, 1.165) is 30.6 Å². The van der Waals surface area contributed by atoms with E-state index in [1.54, 1.807) is 7.11 Å². The average molecular weight is 314 g/mol. The van der Waals surface area contributed by atoms with Crippen molar-refractivity contribution in [3.8, 4) is 0 Å². The summed E-state index contributed by atoms with van der Waals surface area (Å²) in [5, 5.41) is 3.48. The second kappa shape index (κ2) is 7.93. The van der Waals surface area contributed by atoms with E-state index in [0.29, 0.717) is 5.41 Å². The summed E-state index contributed by atoms with van der Waals surface area (Å²) in [7, 11) is 1.74. The van der Waals surface area contributed by atoms with Crippen molar-refractivity contribution in [1.29, 1.82) is 0 Å². The Morgan fingerprint density at radius 2 is 2.17 bits per heavy atom. The van der Waals surface area contributed by atoms with Crippen molar-refractivity contribution in [1.82, 2.24) is 5.32 Å². The van der Waals surface area contributed by atoms with E-state index in [1.807, 2.05) is 0 Å². The van der Waals surface area contributed by atoms with Gasteiger partial charge >= 0.3 is 0 Å². The van der Waals surface area contributed by atoms with Crippen LogP contribution < -0.4 is 5.32 Å². The van der Waals surface area contributed by atoms with Crippen LogP contribution in [0.15, 0.2) is 28.7 Å². The minimum atomic E-state index is 0.300. The summed E-state index contributed by atoms with van der Waals surface area (Å²) in [6, 6.07) is 8.59. The number of hydrogen-bond acceptors (Lipinski definition) is 2. The Hall–Kier alpha value is -0.380. The molecule has 2 nitrogen and oxygen atoms in total. The standard InChI is InChI=1S/C15H24BrNO/c1-4-15(2,12-17-8-9-18-3)11-13-6-5-7-14(16)10-13/h5-7,10,17H,4,8-9,11-12H2,1-3H3. The van der Waals surface area contributed by atoms with Gasteiger partial charge in [0.1, 0.15) is 0 Å². The lowest BCUT2D eigenvalue weighted by atomic mass is 9.81. The molecule has 0 amide bonds.